The number of alkyl halides is 1. The Hall–Kier alpha value is -3.94. The van der Waals surface area contributed by atoms with Crippen molar-refractivity contribution in [3.63, 3.8) is 0 Å². The van der Waals surface area contributed by atoms with Crippen molar-refractivity contribution in [2.75, 3.05) is 31.1 Å². The number of pyridine rings is 1. The molecule has 10 heteroatoms. The fraction of sp³-hybridized carbons (Fsp3) is 0.472. The van der Waals surface area contributed by atoms with Gasteiger partial charge in [-0.15, -0.1) is 6.42 Å². The van der Waals surface area contributed by atoms with Gasteiger partial charge in [-0.05, 0) is 62.4 Å². The molecular formula is C36H33F3N6O. The van der Waals surface area contributed by atoms with Crippen molar-refractivity contribution >= 4 is 27.6 Å². The van der Waals surface area contributed by atoms with Gasteiger partial charge >= 0.3 is 0 Å². The van der Waals surface area contributed by atoms with Gasteiger partial charge in [0.1, 0.15) is 41.3 Å². The Balaban J connectivity index is 1.18. The molecule has 1 aliphatic carbocycles. The van der Waals surface area contributed by atoms with Crippen LogP contribution >= 0.6 is 0 Å². The van der Waals surface area contributed by atoms with Gasteiger partial charge in [0, 0.05) is 47.6 Å². The van der Waals surface area contributed by atoms with Crippen LogP contribution < -0.4 is 15.0 Å². The Morgan fingerprint density at radius 1 is 1.07 bits per heavy atom. The summed E-state index contributed by atoms with van der Waals surface area (Å²) >= 11 is 0. The minimum atomic E-state index is -0.800. The molecule has 2 aromatic carbocycles. The lowest BCUT2D eigenvalue weighted by Gasteiger charge is -2.40. The van der Waals surface area contributed by atoms with Gasteiger partial charge in [0.05, 0.1) is 11.6 Å². The first kappa shape index (κ1) is 27.2. The first-order valence-electron chi connectivity index (χ1n) is 16.6. The monoisotopic (exact) mass is 622 g/mol. The number of ether oxygens (including phenoxy) is 1. The Bertz CT molecular complexity index is 2010. The molecule has 2 aromatic heterocycles. The lowest BCUT2D eigenvalue weighted by molar-refractivity contribution is 0.163. The highest BCUT2D eigenvalue weighted by Crippen LogP contribution is 2.61. The van der Waals surface area contributed by atoms with E-state index in [1.54, 1.807) is 18.2 Å². The summed E-state index contributed by atoms with van der Waals surface area (Å²) in [5, 5.41) is 5.30. The fourth-order valence-corrected chi connectivity index (χ4v) is 9.79. The predicted octanol–water partition coefficient (Wildman–Crippen LogP) is 5.49. The molecule has 0 radical (unpaired) electrons. The van der Waals surface area contributed by atoms with Gasteiger partial charge in [-0.2, -0.15) is 0 Å². The highest BCUT2D eigenvalue weighted by atomic mass is 19.1. The molecule has 7 heterocycles. The SMILES string of the molecule is C#Cc1c(F)ccc2cccc(-c3nc4nc(C5CC5[C@@]56CCCN5C[C@H](F)C6)nc5c4c(c3F)OCC3C4CCC(CN53)N4)c12. The quantitative estimate of drug-likeness (QED) is 0.304. The van der Waals surface area contributed by atoms with Crippen LogP contribution in [0.25, 0.3) is 33.1 Å². The highest BCUT2D eigenvalue weighted by Gasteiger charge is 2.62. The number of benzene rings is 2. The maximum Gasteiger partial charge on any atom is 0.192 e. The van der Waals surface area contributed by atoms with E-state index in [4.69, 9.17) is 26.1 Å². The van der Waals surface area contributed by atoms with Crippen LogP contribution in [0.3, 0.4) is 0 Å². The van der Waals surface area contributed by atoms with E-state index in [0.717, 1.165) is 45.2 Å². The normalized spacial score (nSPS) is 32.7. The third kappa shape index (κ3) is 3.67. The molecule has 4 saturated heterocycles. The lowest BCUT2D eigenvalue weighted by Crippen LogP contribution is -2.60. The number of fused-ring (bicyclic) bond motifs is 7. The van der Waals surface area contributed by atoms with Crippen LogP contribution in [-0.2, 0) is 0 Å². The minimum absolute atomic E-state index is 0.0225. The Morgan fingerprint density at radius 2 is 1.98 bits per heavy atom. The molecule has 5 unspecified atom stereocenters. The predicted molar refractivity (Wildman–Crippen MR) is 169 cm³/mol. The molecule has 1 saturated carbocycles. The van der Waals surface area contributed by atoms with Gasteiger partial charge in [-0.1, -0.05) is 30.2 Å². The Labute approximate surface area is 264 Å². The Morgan fingerprint density at radius 3 is 2.87 bits per heavy atom. The number of aromatic nitrogens is 3. The molecule has 6 aliphatic rings. The number of piperazine rings is 1. The van der Waals surface area contributed by atoms with Gasteiger partial charge < -0.3 is 15.0 Å². The number of hydrogen-bond acceptors (Lipinski definition) is 7. The van der Waals surface area contributed by atoms with Gasteiger partial charge in [-0.3, -0.25) is 4.90 Å². The number of rotatable bonds is 3. The summed E-state index contributed by atoms with van der Waals surface area (Å²) in [5.74, 6) is 3.07. The first-order chi connectivity index (χ1) is 22.4. The zero-order valence-corrected chi connectivity index (χ0v) is 25.3. The van der Waals surface area contributed by atoms with Crippen molar-refractivity contribution in [1.29, 1.82) is 0 Å². The molecule has 234 valence electrons. The molecule has 7 atom stereocenters. The zero-order chi connectivity index (χ0) is 30.9. The third-order valence-electron chi connectivity index (χ3n) is 11.8. The molecule has 7 nitrogen and oxygen atoms in total. The first-order valence-corrected chi connectivity index (χ1v) is 16.6. The van der Waals surface area contributed by atoms with Crippen molar-refractivity contribution in [1.82, 2.24) is 25.2 Å². The third-order valence-corrected chi connectivity index (χ3v) is 11.8. The average Bonchev–Trinajstić information content (AvgIpc) is 3.55. The summed E-state index contributed by atoms with van der Waals surface area (Å²) in [6.45, 7) is 2.47. The second-order valence-electron chi connectivity index (χ2n) is 14.2. The number of halogens is 3. The topological polar surface area (TPSA) is 66.4 Å². The highest BCUT2D eigenvalue weighted by molar-refractivity contribution is 6.02. The molecule has 5 fully saturated rings. The van der Waals surface area contributed by atoms with E-state index in [1.165, 1.54) is 6.07 Å². The molecule has 1 N–H and O–H groups in total. The summed E-state index contributed by atoms with van der Waals surface area (Å²) in [5.41, 5.74) is 0.692. The van der Waals surface area contributed by atoms with Crippen LogP contribution in [0.1, 0.15) is 55.8 Å². The average molecular weight is 623 g/mol. The van der Waals surface area contributed by atoms with Gasteiger partial charge in [0.15, 0.2) is 17.2 Å². The number of nitrogens with one attached hydrogen (secondary N) is 1. The zero-order valence-electron chi connectivity index (χ0n) is 25.3. The fourth-order valence-electron chi connectivity index (χ4n) is 9.79. The Kier molecular flexibility index (Phi) is 5.65. The van der Waals surface area contributed by atoms with Crippen LogP contribution in [-0.4, -0.2) is 75.9 Å². The molecule has 46 heavy (non-hydrogen) atoms. The smallest absolute Gasteiger partial charge is 0.192 e. The summed E-state index contributed by atoms with van der Waals surface area (Å²) in [7, 11) is 0. The number of anilines is 1. The summed E-state index contributed by atoms with van der Waals surface area (Å²) < 4.78 is 53.0. The second kappa shape index (κ2) is 9.55. The number of nitrogens with zero attached hydrogens (tertiary/aromatic N) is 5. The number of hydrogen-bond donors (Lipinski definition) is 1. The lowest BCUT2D eigenvalue weighted by atomic mass is 9.87. The van der Waals surface area contributed by atoms with E-state index < -0.39 is 17.8 Å². The van der Waals surface area contributed by atoms with Crippen LogP contribution in [0.5, 0.6) is 5.75 Å². The standard InChI is InChI=1S/C36H33F3N6O/c1-2-21-25(38)9-7-18-5-3-6-22(28(18)21)31-30(39)32-29-34(41-31)42-33(23-13-24(23)36-11-4-12-44(36)15-19(37)14-36)43-35(29)45-16-20-8-10-26(40-20)27(45)17-46-32/h1,3,5-7,9,19-20,23-24,26-27,40H,4,8,10-17H2/t19-,20?,23?,24?,26?,27?,36+/m1/s1. The van der Waals surface area contributed by atoms with Crippen molar-refractivity contribution in [3.8, 4) is 29.4 Å². The van der Waals surface area contributed by atoms with Crippen LogP contribution in [0.15, 0.2) is 30.3 Å². The van der Waals surface area contributed by atoms with Gasteiger partial charge in [0.2, 0.25) is 0 Å². The molecule has 0 spiro atoms. The largest absolute Gasteiger partial charge is 0.487 e. The van der Waals surface area contributed by atoms with Crippen LogP contribution in [0, 0.1) is 29.9 Å². The molecule has 4 aromatic rings. The van der Waals surface area contributed by atoms with Crippen LogP contribution in [0.2, 0.25) is 0 Å². The van der Waals surface area contributed by atoms with E-state index in [-0.39, 0.29) is 53.1 Å². The van der Waals surface area contributed by atoms with E-state index in [0.29, 0.717) is 58.0 Å². The molecule has 10 rings (SSSR count). The second-order valence-corrected chi connectivity index (χ2v) is 14.2. The van der Waals surface area contributed by atoms with Gasteiger partial charge in [-0.25, -0.2) is 28.1 Å². The van der Waals surface area contributed by atoms with E-state index in [2.05, 4.69) is 21.0 Å². The number of terminal acetylenes is 1. The van der Waals surface area contributed by atoms with Crippen LogP contribution in [0.4, 0.5) is 19.0 Å². The van der Waals surface area contributed by atoms with E-state index in [9.17, 15) is 8.78 Å². The maximum atomic E-state index is 16.9. The van der Waals surface area contributed by atoms with Crippen molar-refractivity contribution in [3.05, 3.63) is 53.4 Å². The van der Waals surface area contributed by atoms with E-state index >= 15 is 4.39 Å². The molecular weight excluding hydrogens is 589 g/mol. The maximum absolute atomic E-state index is 16.9. The van der Waals surface area contributed by atoms with E-state index in [1.807, 2.05) is 6.07 Å². The molecule has 0 amide bonds. The van der Waals surface area contributed by atoms with Crippen molar-refractivity contribution in [2.24, 2.45) is 5.92 Å². The summed E-state index contributed by atoms with van der Waals surface area (Å²) in [4.78, 5) is 19.8. The minimum Gasteiger partial charge on any atom is -0.487 e. The molecule has 2 bridgehead atoms. The van der Waals surface area contributed by atoms with Crippen molar-refractivity contribution in [2.45, 2.75) is 74.3 Å². The molecule has 5 aliphatic heterocycles. The summed E-state index contributed by atoms with van der Waals surface area (Å²) in [6.07, 6.45) is 10.6. The summed E-state index contributed by atoms with van der Waals surface area (Å²) in [6, 6.07) is 8.81. The van der Waals surface area contributed by atoms with Gasteiger partial charge in [0.25, 0.3) is 0 Å². The van der Waals surface area contributed by atoms with Crippen molar-refractivity contribution < 1.29 is 17.9 Å².